The van der Waals surface area contributed by atoms with Gasteiger partial charge in [0, 0.05) is 35.7 Å². The molecule has 0 spiro atoms. The highest BCUT2D eigenvalue weighted by Gasteiger charge is 2.26. The summed E-state index contributed by atoms with van der Waals surface area (Å²) in [6.07, 6.45) is 1.63. The zero-order valence-electron chi connectivity index (χ0n) is 18.2. The van der Waals surface area contributed by atoms with Gasteiger partial charge in [-0.2, -0.15) is 9.41 Å². The molecule has 2 heterocycles. The van der Waals surface area contributed by atoms with Crippen LogP contribution >= 0.6 is 11.3 Å². The maximum absolute atomic E-state index is 12.9. The van der Waals surface area contributed by atoms with Crippen LogP contribution in [0.2, 0.25) is 0 Å². The molecule has 0 radical (unpaired) electrons. The van der Waals surface area contributed by atoms with E-state index >= 15 is 0 Å². The van der Waals surface area contributed by atoms with Crippen molar-refractivity contribution in [3.63, 3.8) is 0 Å². The molecule has 3 aromatic rings. The molecule has 4 rings (SSSR count). The first-order valence-corrected chi connectivity index (χ1v) is 12.5. The average molecular weight is 489 g/mol. The number of nitrogens with one attached hydrogen (secondary N) is 1. The van der Waals surface area contributed by atoms with E-state index in [1.807, 2.05) is 23.6 Å². The molecule has 33 heavy (non-hydrogen) atoms. The molecule has 11 heteroatoms. The zero-order valence-corrected chi connectivity index (χ0v) is 19.9. The first kappa shape index (κ1) is 23.2. The van der Waals surface area contributed by atoms with E-state index in [0.717, 1.165) is 11.1 Å². The molecule has 0 amide bonds. The van der Waals surface area contributed by atoms with Crippen molar-refractivity contribution in [2.75, 3.05) is 45.9 Å². The van der Waals surface area contributed by atoms with E-state index in [9.17, 15) is 8.42 Å². The summed E-state index contributed by atoms with van der Waals surface area (Å²) >= 11 is 1.37. The summed E-state index contributed by atoms with van der Waals surface area (Å²) in [7, 11) is -0.395. The molecule has 1 N–H and O–H groups in total. The monoisotopic (exact) mass is 488 g/mol. The summed E-state index contributed by atoms with van der Waals surface area (Å²) in [6.45, 7) is 1.52. The number of rotatable bonds is 8. The smallest absolute Gasteiger partial charge is 0.243 e. The van der Waals surface area contributed by atoms with Gasteiger partial charge in [0.15, 0.2) is 0 Å². The number of benzene rings is 2. The molecule has 1 aromatic heterocycles. The quantitative estimate of drug-likeness (QED) is 0.383. The van der Waals surface area contributed by atoms with Gasteiger partial charge in [0.1, 0.15) is 11.5 Å². The highest BCUT2D eigenvalue weighted by molar-refractivity contribution is 7.89. The molecule has 0 saturated carbocycles. The first-order valence-electron chi connectivity index (χ1n) is 10.2. The van der Waals surface area contributed by atoms with Gasteiger partial charge in [-0.15, -0.1) is 11.3 Å². The minimum Gasteiger partial charge on any atom is -0.497 e. The molecule has 2 aromatic carbocycles. The second-order valence-electron chi connectivity index (χ2n) is 7.06. The molecule has 0 bridgehead atoms. The lowest BCUT2D eigenvalue weighted by atomic mass is 10.2. The number of nitrogens with zero attached hydrogens (tertiary/aromatic N) is 3. The van der Waals surface area contributed by atoms with Gasteiger partial charge in [0.2, 0.25) is 15.2 Å². The summed E-state index contributed by atoms with van der Waals surface area (Å²) in [5, 5.41) is 6.67. The van der Waals surface area contributed by atoms with Crippen LogP contribution in [0.4, 0.5) is 5.13 Å². The fourth-order valence-corrected chi connectivity index (χ4v) is 5.41. The lowest BCUT2D eigenvalue weighted by molar-refractivity contribution is 0.0730. The third kappa shape index (κ3) is 5.33. The van der Waals surface area contributed by atoms with Crippen LogP contribution in [0.3, 0.4) is 0 Å². The van der Waals surface area contributed by atoms with Crippen molar-refractivity contribution >= 4 is 32.7 Å². The highest BCUT2D eigenvalue weighted by atomic mass is 32.2. The van der Waals surface area contributed by atoms with E-state index in [1.165, 1.54) is 15.6 Å². The highest BCUT2D eigenvalue weighted by Crippen LogP contribution is 2.28. The lowest BCUT2D eigenvalue weighted by Crippen LogP contribution is -2.40. The van der Waals surface area contributed by atoms with Crippen LogP contribution in [0.15, 0.2) is 57.8 Å². The van der Waals surface area contributed by atoms with Gasteiger partial charge < -0.3 is 14.2 Å². The Morgan fingerprint density at radius 2 is 1.97 bits per heavy atom. The van der Waals surface area contributed by atoms with Gasteiger partial charge in [-0.1, -0.05) is 12.1 Å². The summed E-state index contributed by atoms with van der Waals surface area (Å²) in [5.74, 6) is 1.33. The van der Waals surface area contributed by atoms with Crippen molar-refractivity contribution in [1.82, 2.24) is 9.29 Å². The molecular weight excluding hydrogens is 464 g/mol. The Kier molecular flexibility index (Phi) is 7.23. The number of sulfonamides is 1. The second kappa shape index (κ2) is 10.3. The maximum atomic E-state index is 12.9. The van der Waals surface area contributed by atoms with E-state index in [-0.39, 0.29) is 4.90 Å². The lowest BCUT2D eigenvalue weighted by Gasteiger charge is -2.26. The van der Waals surface area contributed by atoms with Gasteiger partial charge >= 0.3 is 0 Å². The van der Waals surface area contributed by atoms with Crippen LogP contribution in [-0.4, -0.2) is 64.4 Å². The zero-order chi connectivity index (χ0) is 23.3. The molecule has 1 fully saturated rings. The summed E-state index contributed by atoms with van der Waals surface area (Å²) in [5.41, 5.74) is 5.07. The predicted octanol–water partition coefficient (Wildman–Crippen LogP) is 3.29. The summed E-state index contributed by atoms with van der Waals surface area (Å²) in [6, 6.07) is 12.3. The number of anilines is 1. The molecule has 0 atom stereocenters. The van der Waals surface area contributed by atoms with Gasteiger partial charge in [0.05, 0.1) is 44.2 Å². The number of ether oxygens (including phenoxy) is 3. The van der Waals surface area contributed by atoms with Crippen molar-refractivity contribution in [1.29, 1.82) is 0 Å². The van der Waals surface area contributed by atoms with E-state index in [1.54, 1.807) is 44.7 Å². The van der Waals surface area contributed by atoms with Crippen molar-refractivity contribution in [2.45, 2.75) is 4.90 Å². The number of aromatic nitrogens is 1. The van der Waals surface area contributed by atoms with Gasteiger partial charge in [-0.3, -0.25) is 5.43 Å². The SMILES string of the molecule is COc1ccc(C=NNc2nc(-c3cccc(S(=O)(=O)N4CCOCC4)c3)cs2)c(OC)c1. The van der Waals surface area contributed by atoms with Crippen LogP contribution in [0.1, 0.15) is 5.56 Å². The Morgan fingerprint density at radius 3 is 2.73 bits per heavy atom. The summed E-state index contributed by atoms with van der Waals surface area (Å²) < 4.78 is 43.2. The largest absolute Gasteiger partial charge is 0.497 e. The van der Waals surface area contributed by atoms with Crippen molar-refractivity contribution in [3.8, 4) is 22.8 Å². The molecule has 1 saturated heterocycles. The Bertz CT molecular complexity index is 1240. The minimum absolute atomic E-state index is 0.244. The van der Waals surface area contributed by atoms with Crippen molar-refractivity contribution in [2.24, 2.45) is 5.10 Å². The number of methoxy groups -OCH3 is 2. The Balaban J connectivity index is 1.48. The summed E-state index contributed by atoms with van der Waals surface area (Å²) in [4.78, 5) is 4.78. The van der Waals surface area contributed by atoms with Gasteiger partial charge in [0.25, 0.3) is 0 Å². The van der Waals surface area contributed by atoms with E-state index in [4.69, 9.17) is 14.2 Å². The number of hydrogen-bond acceptors (Lipinski definition) is 9. The number of hydrazone groups is 1. The molecule has 1 aliphatic heterocycles. The predicted molar refractivity (Wildman–Crippen MR) is 128 cm³/mol. The Labute approximate surface area is 196 Å². The fourth-order valence-electron chi connectivity index (χ4n) is 3.29. The molecule has 0 unspecified atom stereocenters. The van der Waals surface area contributed by atoms with Crippen LogP contribution in [0.5, 0.6) is 11.5 Å². The Morgan fingerprint density at radius 1 is 1.15 bits per heavy atom. The van der Waals surface area contributed by atoms with E-state index < -0.39 is 10.0 Å². The van der Waals surface area contributed by atoms with Gasteiger partial charge in [-0.25, -0.2) is 13.4 Å². The maximum Gasteiger partial charge on any atom is 0.243 e. The second-order valence-corrected chi connectivity index (χ2v) is 9.86. The topological polar surface area (TPSA) is 102 Å². The van der Waals surface area contributed by atoms with Crippen molar-refractivity contribution in [3.05, 3.63) is 53.4 Å². The molecule has 0 aliphatic carbocycles. The van der Waals surface area contributed by atoms with Crippen LogP contribution < -0.4 is 14.9 Å². The number of thiazole rings is 1. The van der Waals surface area contributed by atoms with Crippen LogP contribution in [0.25, 0.3) is 11.3 Å². The van der Waals surface area contributed by atoms with E-state index in [0.29, 0.717) is 48.6 Å². The standard InChI is InChI=1S/C22H24N4O5S2/c1-29-18-7-6-17(21(13-18)30-2)14-23-25-22-24-20(15-32-22)16-4-3-5-19(12-16)33(27,28)26-8-10-31-11-9-26/h3-7,12-15H,8-11H2,1-2H3,(H,24,25). The molecule has 174 valence electrons. The Hall–Kier alpha value is -2.99. The number of hydrogen-bond donors (Lipinski definition) is 1. The van der Waals surface area contributed by atoms with Crippen LogP contribution in [-0.2, 0) is 14.8 Å². The molecule has 9 nitrogen and oxygen atoms in total. The minimum atomic E-state index is -3.57. The van der Waals surface area contributed by atoms with E-state index in [2.05, 4.69) is 15.5 Å². The number of morpholine rings is 1. The third-order valence-corrected chi connectivity index (χ3v) is 7.69. The van der Waals surface area contributed by atoms with Gasteiger partial charge in [-0.05, 0) is 24.3 Å². The first-order chi connectivity index (χ1) is 16.0. The van der Waals surface area contributed by atoms with Crippen LogP contribution in [0, 0.1) is 0 Å². The molecular formula is C22H24N4O5S2. The van der Waals surface area contributed by atoms with Crippen molar-refractivity contribution < 1.29 is 22.6 Å². The molecule has 1 aliphatic rings. The fraction of sp³-hybridized carbons (Fsp3) is 0.273. The average Bonchev–Trinajstić information content (AvgIpc) is 3.34. The normalized spacial score (nSPS) is 15.0. The third-order valence-electron chi connectivity index (χ3n) is 5.05.